The van der Waals surface area contributed by atoms with Crippen LogP contribution in [0.2, 0.25) is 0 Å². The minimum absolute atomic E-state index is 0.0615. The molecule has 0 bridgehead atoms. The van der Waals surface area contributed by atoms with Gasteiger partial charge in [-0.25, -0.2) is 9.97 Å². The number of nitrogens with two attached hydrogens (primary N) is 1. The quantitative estimate of drug-likeness (QED) is 0.729. The summed E-state index contributed by atoms with van der Waals surface area (Å²) in [6.45, 7) is 2.37. The van der Waals surface area contributed by atoms with Gasteiger partial charge in [-0.05, 0) is 19.9 Å². The first kappa shape index (κ1) is 10.6. The van der Waals surface area contributed by atoms with Gasteiger partial charge in [0, 0.05) is 18.2 Å². The number of nitrogens with zero attached hydrogens (tertiary/aromatic N) is 2. The third-order valence-corrected chi connectivity index (χ3v) is 1.68. The van der Waals surface area contributed by atoms with E-state index in [4.69, 9.17) is 5.73 Å². The summed E-state index contributed by atoms with van der Waals surface area (Å²) in [6.07, 6.45) is 2.54. The van der Waals surface area contributed by atoms with Crippen molar-refractivity contribution in [3.05, 3.63) is 18.1 Å². The number of hydrogen-bond acceptors (Lipinski definition) is 4. The molecule has 1 heterocycles. The number of amides is 1. The van der Waals surface area contributed by atoms with Gasteiger partial charge in [-0.2, -0.15) is 0 Å². The molecule has 0 aliphatic carbocycles. The van der Waals surface area contributed by atoms with Gasteiger partial charge in [-0.1, -0.05) is 0 Å². The summed E-state index contributed by atoms with van der Waals surface area (Å²) in [5.41, 5.74) is 6.12. The first-order valence-electron chi connectivity index (χ1n) is 4.51. The van der Waals surface area contributed by atoms with Crippen LogP contribution in [0.5, 0.6) is 0 Å². The van der Waals surface area contributed by atoms with Crippen LogP contribution in [-0.2, 0) is 4.79 Å². The van der Waals surface area contributed by atoms with Crippen molar-refractivity contribution in [2.75, 3.05) is 11.9 Å². The molecule has 0 fully saturated rings. The molecule has 1 aromatic heterocycles. The number of rotatable bonds is 4. The topological polar surface area (TPSA) is 80.9 Å². The van der Waals surface area contributed by atoms with Crippen LogP contribution >= 0.6 is 0 Å². The highest BCUT2D eigenvalue weighted by Crippen LogP contribution is 2.03. The fourth-order valence-electron chi connectivity index (χ4n) is 0.991. The van der Waals surface area contributed by atoms with Gasteiger partial charge in [0.1, 0.15) is 12.1 Å². The molecule has 0 radical (unpaired) electrons. The van der Waals surface area contributed by atoms with Gasteiger partial charge in [0.25, 0.3) is 0 Å². The van der Waals surface area contributed by atoms with Crippen molar-refractivity contribution in [1.82, 2.24) is 9.97 Å². The Balaban J connectivity index is 2.47. The maximum atomic E-state index is 11.3. The molecule has 0 atom stereocenters. The van der Waals surface area contributed by atoms with Crippen molar-refractivity contribution in [3.8, 4) is 0 Å². The first-order chi connectivity index (χ1) is 6.72. The van der Waals surface area contributed by atoms with E-state index >= 15 is 0 Å². The molecule has 14 heavy (non-hydrogen) atoms. The summed E-state index contributed by atoms with van der Waals surface area (Å²) in [5, 5.41) is 2.67. The Bertz CT molecular complexity index is 313. The highest BCUT2D eigenvalue weighted by atomic mass is 16.1. The van der Waals surface area contributed by atoms with Crippen LogP contribution in [0.15, 0.2) is 12.4 Å². The fourth-order valence-corrected chi connectivity index (χ4v) is 0.991. The van der Waals surface area contributed by atoms with Crippen molar-refractivity contribution in [1.29, 1.82) is 0 Å². The maximum Gasteiger partial charge on any atom is 0.225 e. The van der Waals surface area contributed by atoms with Gasteiger partial charge in [0.2, 0.25) is 5.91 Å². The van der Waals surface area contributed by atoms with Crippen LogP contribution in [-0.4, -0.2) is 22.4 Å². The lowest BCUT2D eigenvalue weighted by atomic mass is 10.3. The van der Waals surface area contributed by atoms with Gasteiger partial charge in [-0.15, -0.1) is 0 Å². The molecule has 1 amide bonds. The molecule has 3 N–H and O–H groups in total. The van der Waals surface area contributed by atoms with E-state index in [9.17, 15) is 4.79 Å². The standard InChI is InChI=1S/C9H14N4O/c1-7-5-8(12-6-11-7)13-9(14)3-2-4-10/h5-6H,2-4,10H2,1H3,(H,11,12,13,14). The van der Waals surface area contributed by atoms with Crippen molar-refractivity contribution < 1.29 is 4.79 Å². The molecule has 0 aromatic carbocycles. The Hall–Kier alpha value is -1.49. The molecule has 1 aromatic rings. The minimum atomic E-state index is -0.0615. The van der Waals surface area contributed by atoms with Gasteiger partial charge < -0.3 is 11.1 Å². The average Bonchev–Trinajstić information content (AvgIpc) is 2.15. The van der Waals surface area contributed by atoms with E-state index in [1.54, 1.807) is 6.07 Å². The summed E-state index contributed by atoms with van der Waals surface area (Å²) >= 11 is 0. The second-order valence-electron chi connectivity index (χ2n) is 2.99. The Kier molecular flexibility index (Phi) is 4.00. The predicted octanol–water partition coefficient (Wildman–Crippen LogP) is 0.462. The van der Waals surface area contributed by atoms with Crippen molar-refractivity contribution in [3.63, 3.8) is 0 Å². The summed E-state index contributed by atoms with van der Waals surface area (Å²) in [7, 11) is 0. The fraction of sp³-hybridized carbons (Fsp3) is 0.444. The van der Waals surface area contributed by atoms with E-state index in [0.717, 1.165) is 5.69 Å². The Morgan fingerprint density at radius 3 is 3.00 bits per heavy atom. The second kappa shape index (κ2) is 5.29. The van der Waals surface area contributed by atoms with E-state index in [-0.39, 0.29) is 5.91 Å². The zero-order chi connectivity index (χ0) is 10.4. The molecule has 0 unspecified atom stereocenters. The molecule has 76 valence electrons. The molecular weight excluding hydrogens is 180 g/mol. The summed E-state index contributed by atoms with van der Waals surface area (Å²) in [6, 6.07) is 1.72. The summed E-state index contributed by atoms with van der Waals surface area (Å²) in [5.74, 6) is 0.480. The van der Waals surface area contributed by atoms with Crippen LogP contribution in [0.25, 0.3) is 0 Å². The minimum Gasteiger partial charge on any atom is -0.330 e. The number of anilines is 1. The monoisotopic (exact) mass is 194 g/mol. The van der Waals surface area contributed by atoms with Crippen molar-refractivity contribution in [2.24, 2.45) is 5.73 Å². The highest BCUT2D eigenvalue weighted by molar-refractivity contribution is 5.89. The molecular formula is C9H14N4O. The van der Waals surface area contributed by atoms with Crippen LogP contribution in [0, 0.1) is 6.92 Å². The lowest BCUT2D eigenvalue weighted by Crippen LogP contribution is -2.14. The molecule has 0 aliphatic rings. The number of aryl methyl sites for hydroxylation is 1. The first-order valence-corrected chi connectivity index (χ1v) is 4.51. The van der Waals surface area contributed by atoms with E-state index < -0.39 is 0 Å². The zero-order valence-corrected chi connectivity index (χ0v) is 8.16. The van der Waals surface area contributed by atoms with E-state index in [2.05, 4.69) is 15.3 Å². The molecule has 1 rings (SSSR count). The van der Waals surface area contributed by atoms with Crippen molar-refractivity contribution in [2.45, 2.75) is 19.8 Å². The van der Waals surface area contributed by atoms with Gasteiger partial charge in [0.15, 0.2) is 0 Å². The molecule has 0 saturated carbocycles. The van der Waals surface area contributed by atoms with E-state index in [1.807, 2.05) is 6.92 Å². The Morgan fingerprint density at radius 1 is 1.57 bits per heavy atom. The summed E-state index contributed by atoms with van der Waals surface area (Å²) < 4.78 is 0. The molecule has 0 aliphatic heterocycles. The van der Waals surface area contributed by atoms with Gasteiger partial charge in [-0.3, -0.25) is 4.79 Å². The third-order valence-electron chi connectivity index (χ3n) is 1.68. The Morgan fingerprint density at radius 2 is 2.36 bits per heavy atom. The Labute approximate surface area is 82.7 Å². The van der Waals surface area contributed by atoms with Crippen LogP contribution in [0.4, 0.5) is 5.82 Å². The SMILES string of the molecule is Cc1cc(NC(=O)CCCN)ncn1. The lowest BCUT2D eigenvalue weighted by molar-refractivity contribution is -0.116. The van der Waals surface area contributed by atoms with Crippen LogP contribution in [0.3, 0.4) is 0 Å². The number of nitrogens with one attached hydrogen (secondary N) is 1. The molecule has 0 saturated heterocycles. The van der Waals surface area contributed by atoms with Crippen LogP contribution < -0.4 is 11.1 Å². The largest absolute Gasteiger partial charge is 0.330 e. The van der Waals surface area contributed by atoms with Gasteiger partial charge in [0.05, 0.1) is 0 Å². The molecule has 0 spiro atoms. The summed E-state index contributed by atoms with van der Waals surface area (Å²) in [4.78, 5) is 19.1. The smallest absolute Gasteiger partial charge is 0.225 e. The normalized spacial score (nSPS) is 9.86. The number of hydrogen-bond donors (Lipinski definition) is 2. The zero-order valence-electron chi connectivity index (χ0n) is 8.16. The maximum absolute atomic E-state index is 11.3. The average molecular weight is 194 g/mol. The van der Waals surface area contributed by atoms with Gasteiger partial charge >= 0.3 is 0 Å². The molecule has 5 heteroatoms. The van der Waals surface area contributed by atoms with E-state index in [0.29, 0.717) is 25.2 Å². The number of aromatic nitrogens is 2. The lowest BCUT2D eigenvalue weighted by Gasteiger charge is -2.03. The van der Waals surface area contributed by atoms with Crippen LogP contribution in [0.1, 0.15) is 18.5 Å². The van der Waals surface area contributed by atoms with Crippen molar-refractivity contribution >= 4 is 11.7 Å². The molecule has 5 nitrogen and oxygen atoms in total. The highest BCUT2D eigenvalue weighted by Gasteiger charge is 2.02. The van der Waals surface area contributed by atoms with E-state index in [1.165, 1.54) is 6.33 Å². The third kappa shape index (κ3) is 3.49. The number of carbonyl (C=O) groups excluding carboxylic acids is 1. The predicted molar refractivity (Wildman–Crippen MR) is 53.7 cm³/mol. The second-order valence-corrected chi connectivity index (χ2v) is 2.99. The number of carbonyl (C=O) groups is 1.